The van der Waals surface area contributed by atoms with Gasteiger partial charge in [0.1, 0.15) is 0 Å². The molecule has 0 bridgehead atoms. The fourth-order valence-corrected chi connectivity index (χ4v) is 6.79. The van der Waals surface area contributed by atoms with Crippen LogP contribution in [0.5, 0.6) is 0 Å². The summed E-state index contributed by atoms with van der Waals surface area (Å²) in [6, 6.07) is 31.6. The molecule has 3 aliphatic rings. The number of hydrogen-bond acceptors (Lipinski definition) is 6. The third-order valence-corrected chi connectivity index (χ3v) is 9.49. The number of hydrogen-bond donors (Lipinski definition) is 1. The van der Waals surface area contributed by atoms with Crippen LogP contribution in [-0.4, -0.2) is 33.4 Å². The molecule has 0 saturated carbocycles. The molecule has 7 rings (SSSR count). The van der Waals surface area contributed by atoms with Crippen LogP contribution in [-0.2, 0) is 24.9 Å². The van der Waals surface area contributed by atoms with E-state index in [0.717, 1.165) is 59.8 Å². The number of ketones is 1. The summed E-state index contributed by atoms with van der Waals surface area (Å²) < 4.78 is 0. The average molecular weight is 826 g/mol. The van der Waals surface area contributed by atoms with E-state index < -0.39 is 0 Å². The molecule has 0 spiro atoms. The zero-order valence-corrected chi connectivity index (χ0v) is 30.9. The van der Waals surface area contributed by atoms with Gasteiger partial charge in [0, 0.05) is 67.1 Å². The smallest absolute Gasteiger partial charge is 0.317 e. The molecule has 0 unspecified atom stereocenters. The SMILES string of the molecule is CCC(CC)C(=O)/C=C(\O)C(CC)CC.[C-]1=CC2=Nc3cccc4c3B(c3ccccc3N4c3ccccc3)N2C=C1c1ccccn1.[Ir]. The van der Waals surface area contributed by atoms with Gasteiger partial charge in [0.15, 0.2) is 5.78 Å². The molecule has 3 aliphatic heterocycles. The predicted molar refractivity (Wildman–Crippen MR) is 199 cm³/mol. The number of aliphatic hydroxyl groups excluding tert-OH is 1. The quantitative estimate of drug-likeness (QED) is 0.0793. The number of carbonyl (C=O) groups excluding carboxylic acids is 1. The molecule has 0 saturated heterocycles. The fraction of sp³-hybridized carbons (Fsp3) is 0.244. The van der Waals surface area contributed by atoms with Crippen molar-refractivity contribution in [3.8, 4) is 0 Å². The van der Waals surface area contributed by atoms with E-state index in [4.69, 9.17) is 4.99 Å². The molecule has 1 N–H and O–H groups in total. The molecule has 0 atom stereocenters. The summed E-state index contributed by atoms with van der Waals surface area (Å²) in [5.41, 5.74) is 8.83. The van der Waals surface area contributed by atoms with Crippen LogP contribution in [0.2, 0.25) is 0 Å². The molecule has 1 aromatic heterocycles. The van der Waals surface area contributed by atoms with Gasteiger partial charge >= 0.3 is 6.85 Å². The standard InChI is InChI=1S/C28H18BN4.C13H24O2.Ir/c1-2-9-21(10-3-1)33-25-14-5-4-11-22(25)29-28-24(13-8-15-26(28)33)31-27-17-16-20(19-32(27)29)23-12-6-7-18-30-23;1-5-10(6-2)12(14)9-13(15)11(7-3)8-4;/h1-15,17-19H;9-11,14H,5-8H2,1-4H3;/q-1;;/b;12-9-;. The van der Waals surface area contributed by atoms with E-state index in [1.54, 1.807) is 0 Å². The zero-order chi connectivity index (χ0) is 33.6. The first kappa shape index (κ1) is 35.8. The van der Waals surface area contributed by atoms with E-state index in [-0.39, 0.29) is 50.3 Å². The van der Waals surface area contributed by atoms with Gasteiger partial charge in [-0.1, -0.05) is 88.5 Å². The second-order valence-corrected chi connectivity index (χ2v) is 12.3. The van der Waals surface area contributed by atoms with Crippen molar-refractivity contribution in [3.05, 3.63) is 133 Å². The monoisotopic (exact) mass is 826 g/mol. The third-order valence-electron chi connectivity index (χ3n) is 9.49. The van der Waals surface area contributed by atoms with E-state index >= 15 is 0 Å². The van der Waals surface area contributed by atoms with Crippen LogP contribution in [0, 0.1) is 17.9 Å². The van der Waals surface area contributed by atoms with Crippen molar-refractivity contribution < 1.29 is 30.0 Å². The summed E-state index contributed by atoms with van der Waals surface area (Å²) in [5.74, 6) is 1.44. The van der Waals surface area contributed by atoms with Gasteiger partial charge in [-0.3, -0.25) is 9.79 Å². The summed E-state index contributed by atoms with van der Waals surface area (Å²) in [5, 5.41) is 9.76. The van der Waals surface area contributed by atoms with Gasteiger partial charge in [-0.15, -0.1) is 17.7 Å². The summed E-state index contributed by atoms with van der Waals surface area (Å²) in [6.45, 7) is 8.10. The molecule has 49 heavy (non-hydrogen) atoms. The Hall–Kier alpha value is -4.52. The van der Waals surface area contributed by atoms with Gasteiger partial charge in [-0.2, -0.15) is 0 Å². The number of fused-ring (bicyclic) bond motifs is 4. The van der Waals surface area contributed by atoms with Gasteiger partial charge in [0.2, 0.25) is 0 Å². The first-order valence-corrected chi connectivity index (χ1v) is 17.1. The van der Waals surface area contributed by atoms with Crippen LogP contribution in [0.1, 0.15) is 59.1 Å². The molecular weight excluding hydrogens is 784 g/mol. The van der Waals surface area contributed by atoms with Gasteiger partial charge in [-0.25, -0.2) is 0 Å². The normalized spacial score (nSPS) is 14.2. The average Bonchev–Trinajstić information content (AvgIpc) is 3.13. The number of aliphatic imine (C=N–C) groups is 1. The van der Waals surface area contributed by atoms with E-state index in [9.17, 15) is 9.90 Å². The Morgan fingerprint density at radius 3 is 2.20 bits per heavy atom. The van der Waals surface area contributed by atoms with E-state index in [0.29, 0.717) is 0 Å². The van der Waals surface area contributed by atoms with Gasteiger partial charge in [0.05, 0.1) is 11.4 Å². The van der Waals surface area contributed by atoms with E-state index in [1.807, 2.05) is 58.2 Å². The van der Waals surface area contributed by atoms with Crippen molar-refractivity contribution in [2.45, 2.75) is 53.4 Å². The fourth-order valence-electron chi connectivity index (χ4n) is 6.79. The summed E-state index contributed by atoms with van der Waals surface area (Å²) in [6.07, 6.45) is 14.2. The summed E-state index contributed by atoms with van der Waals surface area (Å²) in [7, 11) is 0. The summed E-state index contributed by atoms with van der Waals surface area (Å²) >= 11 is 0. The molecule has 251 valence electrons. The number of nitrogens with zero attached hydrogens (tertiary/aromatic N) is 4. The number of benzene rings is 3. The van der Waals surface area contributed by atoms with Crippen molar-refractivity contribution in [1.29, 1.82) is 0 Å². The first-order chi connectivity index (χ1) is 23.5. The van der Waals surface area contributed by atoms with Gasteiger partial charge in [0.25, 0.3) is 0 Å². The molecule has 1 radical (unpaired) electrons. The Morgan fingerprint density at radius 1 is 0.837 bits per heavy atom. The zero-order valence-electron chi connectivity index (χ0n) is 28.5. The van der Waals surface area contributed by atoms with Crippen LogP contribution in [0.25, 0.3) is 5.57 Å². The molecule has 0 amide bonds. The predicted octanol–water partition coefficient (Wildman–Crippen LogP) is 8.60. The van der Waals surface area contributed by atoms with Crippen molar-refractivity contribution in [2.24, 2.45) is 16.8 Å². The Labute approximate surface area is 304 Å². The van der Waals surface area contributed by atoms with Crippen molar-refractivity contribution in [2.75, 3.05) is 4.90 Å². The number of carbonyl (C=O) groups is 1. The molecule has 8 heteroatoms. The second-order valence-electron chi connectivity index (χ2n) is 12.3. The Bertz CT molecular complexity index is 1880. The second kappa shape index (κ2) is 16.3. The number of allylic oxidation sites excluding steroid dienone is 4. The van der Waals surface area contributed by atoms with Crippen LogP contribution < -0.4 is 15.8 Å². The van der Waals surface area contributed by atoms with Gasteiger partial charge < -0.3 is 19.8 Å². The largest absolute Gasteiger partial charge is 0.512 e. The number of aromatic nitrogens is 1. The number of pyridine rings is 1. The number of rotatable bonds is 9. The molecule has 0 fully saturated rings. The van der Waals surface area contributed by atoms with Crippen molar-refractivity contribution in [1.82, 2.24) is 9.79 Å². The van der Waals surface area contributed by atoms with Crippen LogP contribution in [0.3, 0.4) is 0 Å². The maximum absolute atomic E-state index is 11.7. The molecule has 6 nitrogen and oxygen atoms in total. The Morgan fingerprint density at radius 2 is 1.51 bits per heavy atom. The van der Waals surface area contributed by atoms with E-state index in [1.165, 1.54) is 22.7 Å². The minimum absolute atomic E-state index is 0. The van der Waals surface area contributed by atoms with Crippen LogP contribution >= 0.6 is 0 Å². The maximum atomic E-state index is 11.7. The summed E-state index contributed by atoms with van der Waals surface area (Å²) in [4.78, 5) is 25.9. The first-order valence-electron chi connectivity index (χ1n) is 17.1. The topological polar surface area (TPSA) is 69.0 Å². The number of amidine groups is 1. The number of aliphatic hydroxyl groups is 1. The minimum Gasteiger partial charge on any atom is -0.512 e. The van der Waals surface area contributed by atoms with Crippen LogP contribution in [0.4, 0.5) is 22.7 Å². The molecule has 4 aromatic rings. The molecule has 0 aliphatic carbocycles. The maximum Gasteiger partial charge on any atom is 0.317 e. The van der Waals surface area contributed by atoms with Crippen molar-refractivity contribution >= 4 is 57.7 Å². The number of anilines is 3. The van der Waals surface area contributed by atoms with E-state index in [2.05, 4.69) is 99.8 Å². The Balaban J connectivity index is 0.000000252. The van der Waals surface area contributed by atoms with Gasteiger partial charge in [-0.05, 0) is 78.7 Å². The minimum atomic E-state index is 0. The number of para-hydroxylation sites is 2. The van der Waals surface area contributed by atoms with Crippen LogP contribution in [0.15, 0.2) is 126 Å². The third kappa shape index (κ3) is 7.27. The molecule has 3 aromatic carbocycles. The van der Waals surface area contributed by atoms with Crippen molar-refractivity contribution in [3.63, 3.8) is 0 Å². The Kier molecular flexibility index (Phi) is 11.9. The molecule has 4 heterocycles. The molecular formula is C41H42BIrN4O2-.